The first-order valence-corrected chi connectivity index (χ1v) is 12.0. The molecule has 32 heavy (non-hydrogen) atoms. The van der Waals surface area contributed by atoms with Crippen LogP contribution in [0, 0.1) is 5.92 Å². The van der Waals surface area contributed by atoms with Crippen LogP contribution in [0.2, 0.25) is 0 Å². The zero-order chi connectivity index (χ0) is 21.7. The molecule has 1 aromatic heterocycles. The molecule has 2 aliphatic heterocycles. The van der Waals surface area contributed by atoms with Crippen molar-refractivity contribution in [2.45, 2.75) is 63.1 Å². The van der Waals surface area contributed by atoms with Gasteiger partial charge in [-0.25, -0.2) is 0 Å². The fourth-order valence-corrected chi connectivity index (χ4v) is 6.24. The van der Waals surface area contributed by atoms with E-state index in [1.165, 1.54) is 30.2 Å². The Morgan fingerprint density at radius 2 is 1.66 bits per heavy atom. The van der Waals surface area contributed by atoms with Gasteiger partial charge in [0.25, 0.3) is 0 Å². The molecule has 2 unspecified atom stereocenters. The average Bonchev–Trinajstić information content (AvgIpc) is 3.21. The van der Waals surface area contributed by atoms with Crippen molar-refractivity contribution in [2.75, 3.05) is 0 Å². The molecule has 2 amide bonds. The zero-order valence-corrected chi connectivity index (χ0v) is 18.2. The molecular formula is C27H29N3O2. The van der Waals surface area contributed by atoms with Gasteiger partial charge in [-0.05, 0) is 36.0 Å². The first-order chi connectivity index (χ1) is 15.7. The van der Waals surface area contributed by atoms with Crippen molar-refractivity contribution in [1.82, 2.24) is 15.2 Å². The molecule has 3 heterocycles. The van der Waals surface area contributed by atoms with Gasteiger partial charge >= 0.3 is 0 Å². The number of rotatable bonds is 3. The number of carbonyl (C=O) groups is 2. The molecule has 6 rings (SSSR count). The Kier molecular flexibility index (Phi) is 4.78. The van der Waals surface area contributed by atoms with Crippen LogP contribution in [0.5, 0.6) is 0 Å². The standard InChI is InChI=1S/C27H29N3O2/c31-26-23-16-20-19-13-7-8-14-21(19)28-24(20)25(18-11-5-2-6-12-18)30(23)27(32)22(29-26)15-17-9-3-1-4-10-17/h1,3-4,7-10,13-14,18,22-23,25,28H,2,5-6,11-12,15-16H2,(H,29,31)/t22?,23-,25?/m0/s1. The van der Waals surface area contributed by atoms with Crippen molar-refractivity contribution in [3.8, 4) is 0 Å². The van der Waals surface area contributed by atoms with E-state index in [1.807, 2.05) is 41.3 Å². The Morgan fingerprint density at radius 3 is 2.47 bits per heavy atom. The maximum atomic E-state index is 13.9. The number of nitrogens with one attached hydrogen (secondary N) is 2. The van der Waals surface area contributed by atoms with Gasteiger partial charge < -0.3 is 15.2 Å². The van der Waals surface area contributed by atoms with Crippen LogP contribution < -0.4 is 5.32 Å². The summed E-state index contributed by atoms with van der Waals surface area (Å²) >= 11 is 0. The van der Waals surface area contributed by atoms with Crippen LogP contribution in [0.4, 0.5) is 0 Å². The topological polar surface area (TPSA) is 65.2 Å². The molecule has 0 spiro atoms. The number of fused-ring (bicyclic) bond motifs is 4. The second kappa shape index (κ2) is 7.80. The zero-order valence-electron chi connectivity index (χ0n) is 18.2. The lowest BCUT2D eigenvalue weighted by Crippen LogP contribution is -2.67. The molecular weight excluding hydrogens is 398 g/mol. The molecule has 3 aliphatic rings. The van der Waals surface area contributed by atoms with Crippen LogP contribution in [0.25, 0.3) is 10.9 Å². The van der Waals surface area contributed by atoms with Crippen molar-refractivity contribution in [1.29, 1.82) is 0 Å². The highest BCUT2D eigenvalue weighted by Gasteiger charge is 2.50. The fraction of sp³-hybridized carbons (Fsp3) is 0.407. The smallest absolute Gasteiger partial charge is 0.246 e. The Hall–Kier alpha value is -3.08. The Labute approximate surface area is 188 Å². The van der Waals surface area contributed by atoms with E-state index < -0.39 is 12.1 Å². The number of aromatic nitrogens is 1. The molecule has 2 fully saturated rings. The van der Waals surface area contributed by atoms with Gasteiger partial charge in [0.1, 0.15) is 12.1 Å². The normalized spacial score (nSPS) is 26.0. The van der Waals surface area contributed by atoms with Crippen molar-refractivity contribution in [3.05, 3.63) is 71.4 Å². The average molecular weight is 428 g/mol. The number of amides is 2. The molecule has 5 nitrogen and oxygen atoms in total. The Balaban J connectivity index is 1.43. The van der Waals surface area contributed by atoms with E-state index >= 15 is 0 Å². The van der Waals surface area contributed by atoms with Crippen molar-refractivity contribution < 1.29 is 9.59 Å². The quantitative estimate of drug-likeness (QED) is 0.655. The minimum Gasteiger partial charge on any atom is -0.356 e. The van der Waals surface area contributed by atoms with Crippen molar-refractivity contribution in [3.63, 3.8) is 0 Å². The fourth-order valence-electron chi connectivity index (χ4n) is 6.24. The van der Waals surface area contributed by atoms with Gasteiger partial charge in [0, 0.05) is 29.4 Å². The molecule has 0 radical (unpaired) electrons. The third kappa shape index (κ3) is 3.14. The summed E-state index contributed by atoms with van der Waals surface area (Å²) in [5.74, 6) is 0.450. The van der Waals surface area contributed by atoms with E-state index in [4.69, 9.17) is 0 Å². The first-order valence-electron chi connectivity index (χ1n) is 12.0. The summed E-state index contributed by atoms with van der Waals surface area (Å²) in [5.41, 5.74) is 4.56. The molecule has 2 aromatic carbocycles. The van der Waals surface area contributed by atoms with Crippen LogP contribution in [-0.4, -0.2) is 33.8 Å². The molecule has 2 N–H and O–H groups in total. The highest BCUT2D eigenvalue weighted by atomic mass is 16.2. The second-order valence-electron chi connectivity index (χ2n) is 9.62. The van der Waals surface area contributed by atoms with Gasteiger partial charge in [-0.3, -0.25) is 9.59 Å². The van der Waals surface area contributed by atoms with E-state index in [9.17, 15) is 9.59 Å². The van der Waals surface area contributed by atoms with Crippen LogP contribution in [0.3, 0.4) is 0 Å². The van der Waals surface area contributed by atoms with Crippen molar-refractivity contribution in [2.24, 2.45) is 5.92 Å². The highest BCUT2D eigenvalue weighted by Crippen LogP contribution is 2.46. The maximum absolute atomic E-state index is 13.9. The van der Waals surface area contributed by atoms with Gasteiger partial charge in [0.2, 0.25) is 11.8 Å². The van der Waals surface area contributed by atoms with E-state index in [0.29, 0.717) is 18.8 Å². The summed E-state index contributed by atoms with van der Waals surface area (Å²) in [6.45, 7) is 0. The van der Waals surface area contributed by atoms with Crippen LogP contribution >= 0.6 is 0 Å². The predicted molar refractivity (Wildman–Crippen MR) is 124 cm³/mol. The molecule has 1 saturated carbocycles. The molecule has 3 aromatic rings. The predicted octanol–water partition coefficient (Wildman–Crippen LogP) is 4.28. The molecule has 0 bridgehead atoms. The van der Waals surface area contributed by atoms with Gasteiger partial charge in [0.15, 0.2) is 0 Å². The maximum Gasteiger partial charge on any atom is 0.246 e. The number of benzene rings is 2. The first kappa shape index (κ1) is 19.6. The Bertz CT molecular complexity index is 1160. The number of carbonyl (C=O) groups excluding carboxylic acids is 2. The van der Waals surface area contributed by atoms with E-state index in [1.54, 1.807) is 0 Å². The number of hydrogen-bond donors (Lipinski definition) is 2. The summed E-state index contributed by atoms with van der Waals surface area (Å²) in [7, 11) is 0. The van der Waals surface area contributed by atoms with Gasteiger partial charge in [-0.2, -0.15) is 0 Å². The molecule has 1 aliphatic carbocycles. The van der Waals surface area contributed by atoms with Crippen LogP contribution in [0.1, 0.15) is 55.0 Å². The summed E-state index contributed by atoms with van der Waals surface area (Å²) < 4.78 is 0. The van der Waals surface area contributed by atoms with E-state index in [2.05, 4.69) is 28.5 Å². The molecule has 3 atom stereocenters. The lowest BCUT2D eigenvalue weighted by molar-refractivity contribution is -0.155. The number of H-pyrrole nitrogens is 1. The third-order valence-corrected chi connectivity index (χ3v) is 7.73. The number of piperazine rings is 1. The summed E-state index contributed by atoms with van der Waals surface area (Å²) in [5, 5.41) is 4.26. The minimum atomic E-state index is -0.502. The van der Waals surface area contributed by atoms with E-state index in [-0.39, 0.29) is 17.9 Å². The highest BCUT2D eigenvalue weighted by molar-refractivity contribution is 5.99. The van der Waals surface area contributed by atoms with Crippen LogP contribution in [-0.2, 0) is 22.4 Å². The largest absolute Gasteiger partial charge is 0.356 e. The molecule has 5 heteroatoms. The van der Waals surface area contributed by atoms with Crippen LogP contribution in [0.15, 0.2) is 54.6 Å². The summed E-state index contributed by atoms with van der Waals surface area (Å²) in [4.78, 5) is 32.9. The van der Waals surface area contributed by atoms with E-state index in [0.717, 1.165) is 29.6 Å². The summed E-state index contributed by atoms with van der Waals surface area (Å²) in [6, 6.07) is 17.4. The monoisotopic (exact) mass is 427 g/mol. The lowest BCUT2D eigenvalue weighted by atomic mass is 9.76. The number of aromatic amines is 1. The minimum absolute atomic E-state index is 0.0118. The number of nitrogens with zero attached hydrogens (tertiary/aromatic N) is 1. The number of para-hydroxylation sites is 1. The molecule has 164 valence electrons. The third-order valence-electron chi connectivity index (χ3n) is 7.73. The van der Waals surface area contributed by atoms with Gasteiger partial charge in [-0.1, -0.05) is 67.8 Å². The summed E-state index contributed by atoms with van der Waals surface area (Å²) in [6.07, 6.45) is 7.00. The second-order valence-corrected chi connectivity index (χ2v) is 9.62. The number of hydrogen-bond acceptors (Lipinski definition) is 2. The molecule has 1 saturated heterocycles. The SMILES string of the molecule is O=C1NC(Cc2ccccc2)C(=O)N2C(C3CCCCC3)c3[nH]c4ccccc4c3C[C@@H]12. The van der Waals surface area contributed by atoms with Gasteiger partial charge in [-0.15, -0.1) is 0 Å². The van der Waals surface area contributed by atoms with Crippen molar-refractivity contribution >= 4 is 22.7 Å². The van der Waals surface area contributed by atoms with Gasteiger partial charge in [0.05, 0.1) is 6.04 Å². The Morgan fingerprint density at radius 1 is 0.906 bits per heavy atom. The lowest BCUT2D eigenvalue weighted by Gasteiger charge is -2.49.